The molecule has 15 heavy (non-hydrogen) atoms. The smallest absolute Gasteiger partial charge is 0.0693 e. The summed E-state index contributed by atoms with van der Waals surface area (Å²) in [5, 5.41) is 23.1. The zero-order chi connectivity index (χ0) is 10.7. The molecule has 0 aliphatic heterocycles. The molecule has 2 aliphatic carbocycles. The van der Waals surface area contributed by atoms with Crippen LogP contribution in [0.1, 0.15) is 51.4 Å². The van der Waals surface area contributed by atoms with E-state index >= 15 is 0 Å². The molecular formula is C12H23NO2. The van der Waals surface area contributed by atoms with Crippen molar-refractivity contribution in [2.75, 3.05) is 0 Å². The molecule has 0 spiro atoms. The zero-order valence-electron chi connectivity index (χ0n) is 9.36. The molecule has 0 aromatic rings. The largest absolute Gasteiger partial charge is 0.392 e. The Labute approximate surface area is 91.9 Å². The van der Waals surface area contributed by atoms with Crippen molar-refractivity contribution in [2.45, 2.75) is 75.7 Å². The first kappa shape index (κ1) is 11.4. The van der Waals surface area contributed by atoms with Crippen molar-refractivity contribution in [2.24, 2.45) is 0 Å². The topological polar surface area (TPSA) is 52.5 Å². The molecule has 2 aliphatic rings. The standard InChI is InChI=1S/C12H23NO2/c14-11-7-3-1-2-5-9(11)13-10-6-4-8-12(10)15/h9-15H,1-8H2/t9?,10-,11?,12-/m1/s1. The van der Waals surface area contributed by atoms with E-state index in [0.717, 1.165) is 38.5 Å². The van der Waals surface area contributed by atoms with Crippen LogP contribution in [0.15, 0.2) is 0 Å². The summed E-state index contributed by atoms with van der Waals surface area (Å²) in [6.45, 7) is 0. The van der Waals surface area contributed by atoms with Crippen LogP contribution in [0.2, 0.25) is 0 Å². The number of rotatable bonds is 2. The number of aliphatic hydroxyl groups is 2. The van der Waals surface area contributed by atoms with Crippen LogP contribution >= 0.6 is 0 Å². The van der Waals surface area contributed by atoms with Gasteiger partial charge in [-0.25, -0.2) is 0 Å². The fourth-order valence-corrected chi connectivity index (χ4v) is 2.89. The lowest BCUT2D eigenvalue weighted by Gasteiger charge is -2.27. The van der Waals surface area contributed by atoms with Gasteiger partial charge in [-0.2, -0.15) is 0 Å². The summed E-state index contributed by atoms with van der Waals surface area (Å²) in [6.07, 6.45) is 8.25. The first-order chi connectivity index (χ1) is 7.27. The lowest BCUT2D eigenvalue weighted by atomic mass is 10.0. The fraction of sp³-hybridized carbons (Fsp3) is 1.00. The molecule has 3 heteroatoms. The van der Waals surface area contributed by atoms with Crippen molar-refractivity contribution in [3.63, 3.8) is 0 Å². The fourth-order valence-electron chi connectivity index (χ4n) is 2.89. The van der Waals surface area contributed by atoms with Crippen LogP contribution in [0.4, 0.5) is 0 Å². The van der Waals surface area contributed by atoms with E-state index in [9.17, 15) is 10.2 Å². The quantitative estimate of drug-likeness (QED) is 0.604. The molecule has 88 valence electrons. The van der Waals surface area contributed by atoms with E-state index in [0.29, 0.717) is 0 Å². The third-order valence-electron chi connectivity index (χ3n) is 3.89. The van der Waals surface area contributed by atoms with Gasteiger partial charge >= 0.3 is 0 Å². The molecule has 3 nitrogen and oxygen atoms in total. The van der Waals surface area contributed by atoms with Gasteiger partial charge in [0, 0.05) is 12.1 Å². The van der Waals surface area contributed by atoms with Gasteiger partial charge in [-0.15, -0.1) is 0 Å². The number of hydrogen-bond acceptors (Lipinski definition) is 3. The van der Waals surface area contributed by atoms with Gasteiger partial charge in [-0.05, 0) is 32.1 Å². The van der Waals surface area contributed by atoms with E-state index in [-0.39, 0.29) is 24.3 Å². The van der Waals surface area contributed by atoms with E-state index in [1.807, 2.05) is 0 Å². The van der Waals surface area contributed by atoms with Crippen LogP contribution in [0.25, 0.3) is 0 Å². The summed E-state index contributed by atoms with van der Waals surface area (Å²) in [4.78, 5) is 0. The minimum Gasteiger partial charge on any atom is -0.392 e. The molecule has 2 saturated carbocycles. The molecule has 0 heterocycles. The number of hydrogen-bond donors (Lipinski definition) is 3. The molecule has 2 unspecified atom stereocenters. The molecule has 0 saturated heterocycles. The van der Waals surface area contributed by atoms with Gasteiger partial charge in [-0.1, -0.05) is 19.3 Å². The first-order valence-electron chi connectivity index (χ1n) is 6.39. The maximum atomic E-state index is 9.95. The monoisotopic (exact) mass is 213 g/mol. The lowest BCUT2D eigenvalue weighted by Crippen LogP contribution is -2.47. The lowest BCUT2D eigenvalue weighted by molar-refractivity contribution is 0.0891. The SMILES string of the molecule is OC1CCCCCC1N[C@@H]1CCC[C@H]1O. The first-order valence-corrected chi connectivity index (χ1v) is 6.39. The normalized spacial score (nSPS) is 42.8. The molecule has 0 aromatic heterocycles. The molecule has 0 amide bonds. The van der Waals surface area contributed by atoms with Crippen molar-refractivity contribution >= 4 is 0 Å². The van der Waals surface area contributed by atoms with Gasteiger partial charge in [0.25, 0.3) is 0 Å². The number of aliphatic hydroxyl groups excluding tert-OH is 2. The average Bonchev–Trinajstić information content (AvgIpc) is 2.50. The molecule has 4 atom stereocenters. The van der Waals surface area contributed by atoms with Crippen molar-refractivity contribution in [1.82, 2.24) is 5.32 Å². The predicted octanol–water partition coefficient (Wildman–Crippen LogP) is 1.18. The third kappa shape index (κ3) is 2.92. The predicted molar refractivity (Wildman–Crippen MR) is 59.7 cm³/mol. The summed E-state index contributed by atoms with van der Waals surface area (Å²) < 4.78 is 0. The van der Waals surface area contributed by atoms with Crippen molar-refractivity contribution in [1.29, 1.82) is 0 Å². The highest BCUT2D eigenvalue weighted by atomic mass is 16.3. The molecule has 3 N–H and O–H groups in total. The highest BCUT2D eigenvalue weighted by Gasteiger charge is 2.30. The Morgan fingerprint density at radius 3 is 1.87 bits per heavy atom. The molecule has 0 aromatic carbocycles. The minimum absolute atomic E-state index is 0.194. The van der Waals surface area contributed by atoms with E-state index in [1.165, 1.54) is 12.8 Å². The van der Waals surface area contributed by atoms with Crippen LogP contribution in [0, 0.1) is 0 Å². The van der Waals surface area contributed by atoms with E-state index in [4.69, 9.17) is 0 Å². The van der Waals surface area contributed by atoms with Crippen molar-refractivity contribution in [3.8, 4) is 0 Å². The Kier molecular flexibility index (Phi) is 4.00. The van der Waals surface area contributed by atoms with E-state index in [2.05, 4.69) is 5.32 Å². The molecule has 2 rings (SSSR count). The van der Waals surface area contributed by atoms with Crippen LogP contribution in [-0.4, -0.2) is 34.5 Å². The number of nitrogens with one attached hydrogen (secondary N) is 1. The maximum absolute atomic E-state index is 9.95. The Hall–Kier alpha value is -0.120. The van der Waals surface area contributed by atoms with Gasteiger partial charge in [0.2, 0.25) is 0 Å². The summed E-state index contributed by atoms with van der Waals surface area (Å²) in [6, 6.07) is 0.438. The molecule has 2 fully saturated rings. The molecular weight excluding hydrogens is 190 g/mol. The van der Waals surface area contributed by atoms with Crippen molar-refractivity contribution in [3.05, 3.63) is 0 Å². The highest BCUT2D eigenvalue weighted by molar-refractivity contribution is 4.88. The van der Waals surface area contributed by atoms with Crippen LogP contribution in [0.3, 0.4) is 0 Å². The zero-order valence-corrected chi connectivity index (χ0v) is 9.36. The second-order valence-electron chi connectivity index (χ2n) is 5.08. The average molecular weight is 213 g/mol. The van der Waals surface area contributed by atoms with Gasteiger partial charge in [0.1, 0.15) is 0 Å². The third-order valence-corrected chi connectivity index (χ3v) is 3.89. The van der Waals surface area contributed by atoms with Gasteiger partial charge in [0.15, 0.2) is 0 Å². The summed E-state index contributed by atoms with van der Waals surface area (Å²) in [5.74, 6) is 0. The van der Waals surface area contributed by atoms with Crippen molar-refractivity contribution < 1.29 is 10.2 Å². The second-order valence-corrected chi connectivity index (χ2v) is 5.08. The van der Waals surface area contributed by atoms with E-state index in [1.54, 1.807) is 0 Å². The van der Waals surface area contributed by atoms with Crippen LogP contribution in [0.5, 0.6) is 0 Å². The Morgan fingerprint density at radius 1 is 0.667 bits per heavy atom. The Morgan fingerprint density at radius 2 is 1.20 bits per heavy atom. The minimum atomic E-state index is -0.208. The summed E-state index contributed by atoms with van der Waals surface area (Å²) in [7, 11) is 0. The highest BCUT2D eigenvalue weighted by Crippen LogP contribution is 2.23. The van der Waals surface area contributed by atoms with Gasteiger partial charge < -0.3 is 15.5 Å². The van der Waals surface area contributed by atoms with Crippen LogP contribution in [-0.2, 0) is 0 Å². The van der Waals surface area contributed by atoms with Crippen LogP contribution < -0.4 is 5.32 Å². The van der Waals surface area contributed by atoms with Gasteiger partial charge in [0.05, 0.1) is 12.2 Å². The molecule has 0 radical (unpaired) electrons. The Balaban J connectivity index is 1.85. The molecule has 0 bridgehead atoms. The summed E-state index contributed by atoms with van der Waals surface area (Å²) >= 11 is 0. The second kappa shape index (κ2) is 5.28. The Bertz CT molecular complexity index is 198. The van der Waals surface area contributed by atoms with Gasteiger partial charge in [-0.3, -0.25) is 0 Å². The summed E-state index contributed by atoms with van der Waals surface area (Å²) in [5.41, 5.74) is 0. The van der Waals surface area contributed by atoms with E-state index < -0.39 is 0 Å². The maximum Gasteiger partial charge on any atom is 0.0693 e.